The first-order valence-electron chi connectivity index (χ1n) is 13.5. The van der Waals surface area contributed by atoms with Crippen molar-refractivity contribution in [3.05, 3.63) is 84.2 Å². The van der Waals surface area contributed by atoms with E-state index in [0.29, 0.717) is 45.0 Å². The molecule has 10 nitrogen and oxygen atoms in total. The van der Waals surface area contributed by atoms with E-state index >= 15 is 0 Å². The highest BCUT2D eigenvalue weighted by atomic mass is 32.2. The van der Waals surface area contributed by atoms with Crippen LogP contribution in [0.4, 0.5) is 15.8 Å². The fourth-order valence-electron chi connectivity index (χ4n) is 5.19. The molecule has 1 amide bonds. The van der Waals surface area contributed by atoms with Gasteiger partial charge >= 0.3 is 0 Å². The number of para-hydroxylation sites is 1. The van der Waals surface area contributed by atoms with Gasteiger partial charge in [-0.1, -0.05) is 12.1 Å². The zero-order valence-corrected chi connectivity index (χ0v) is 25.0. The molecule has 0 aliphatic carbocycles. The van der Waals surface area contributed by atoms with Crippen LogP contribution in [0.2, 0.25) is 0 Å². The average Bonchev–Trinajstić information content (AvgIpc) is 3.62. The number of aromatic amines is 1. The summed E-state index contributed by atoms with van der Waals surface area (Å²) in [5.41, 5.74) is 10.7. The zero-order valence-electron chi connectivity index (χ0n) is 24.2. The minimum atomic E-state index is -3.74. The van der Waals surface area contributed by atoms with E-state index in [1.165, 1.54) is 45.5 Å². The van der Waals surface area contributed by atoms with Crippen molar-refractivity contribution >= 4 is 49.2 Å². The molecule has 0 bridgehead atoms. The molecule has 0 unspecified atom stereocenters. The number of sulfonamides is 1. The van der Waals surface area contributed by atoms with E-state index in [0.717, 1.165) is 21.5 Å². The maximum atomic E-state index is 13.7. The fourth-order valence-corrected chi connectivity index (χ4v) is 5.70. The number of methoxy groups -OCH3 is 1. The summed E-state index contributed by atoms with van der Waals surface area (Å²) in [5.74, 6) is -0.184. The summed E-state index contributed by atoms with van der Waals surface area (Å²) in [6.07, 6.45) is 1.09. The molecule has 0 atom stereocenters. The highest BCUT2D eigenvalue weighted by Gasteiger charge is 2.27. The topological polar surface area (TPSA) is 144 Å². The number of nitrogens with zero attached hydrogens (tertiary/aromatic N) is 2. The lowest BCUT2D eigenvalue weighted by molar-refractivity contribution is 0.0964. The van der Waals surface area contributed by atoms with Crippen LogP contribution in [0.5, 0.6) is 5.75 Å². The van der Waals surface area contributed by atoms with Crippen LogP contribution >= 0.6 is 0 Å². The first kappa shape index (κ1) is 28.7. The molecule has 0 fully saturated rings. The number of hydrogen-bond acceptors (Lipinski definition) is 7. The number of furan rings is 1. The molecule has 4 N–H and O–H groups in total. The molecule has 0 saturated heterocycles. The number of benzene rings is 3. The summed E-state index contributed by atoms with van der Waals surface area (Å²) in [5, 5.41) is 3.94. The summed E-state index contributed by atoms with van der Waals surface area (Å²) in [4.78, 5) is 21.4. The van der Waals surface area contributed by atoms with Gasteiger partial charge in [-0.25, -0.2) is 17.8 Å². The number of halogens is 1. The molecule has 3 aromatic carbocycles. The van der Waals surface area contributed by atoms with Gasteiger partial charge < -0.3 is 25.2 Å². The van der Waals surface area contributed by atoms with Crippen LogP contribution in [-0.2, 0) is 10.0 Å². The van der Waals surface area contributed by atoms with E-state index in [1.54, 1.807) is 30.3 Å². The van der Waals surface area contributed by atoms with Gasteiger partial charge in [-0.15, -0.1) is 0 Å². The lowest BCUT2D eigenvalue weighted by Crippen LogP contribution is -2.25. The summed E-state index contributed by atoms with van der Waals surface area (Å²) in [6, 6.07) is 19.7. The number of anilines is 2. The van der Waals surface area contributed by atoms with Crippen LogP contribution in [0.1, 0.15) is 10.4 Å². The van der Waals surface area contributed by atoms with Gasteiger partial charge in [0.15, 0.2) is 0 Å². The number of nitrogen functional groups attached to an aromatic ring is 1. The van der Waals surface area contributed by atoms with Crippen LogP contribution in [0.15, 0.2) is 77.2 Å². The first-order valence-corrected chi connectivity index (χ1v) is 15.3. The number of nitrogens with two attached hydrogens (primary N) is 1. The second kappa shape index (κ2) is 10.7. The molecular weight excluding hydrogens is 585 g/mol. The third-order valence-corrected chi connectivity index (χ3v) is 8.69. The highest BCUT2D eigenvalue weighted by Crippen LogP contribution is 2.42. The van der Waals surface area contributed by atoms with E-state index in [-0.39, 0.29) is 22.6 Å². The molecule has 0 spiro atoms. The van der Waals surface area contributed by atoms with E-state index in [4.69, 9.17) is 19.9 Å². The Kier molecular flexibility index (Phi) is 7.01. The van der Waals surface area contributed by atoms with E-state index in [9.17, 15) is 17.6 Å². The maximum absolute atomic E-state index is 13.7. The van der Waals surface area contributed by atoms with Crippen molar-refractivity contribution in [3.63, 3.8) is 0 Å². The largest absolute Gasteiger partial charge is 0.494 e. The highest BCUT2D eigenvalue weighted by molar-refractivity contribution is 7.92. The van der Waals surface area contributed by atoms with Gasteiger partial charge in [0, 0.05) is 42.1 Å². The van der Waals surface area contributed by atoms with E-state index in [1.807, 2.05) is 18.2 Å². The van der Waals surface area contributed by atoms with Gasteiger partial charge in [-0.3, -0.25) is 9.10 Å². The number of carbonyl (C=O) groups is 1. The van der Waals surface area contributed by atoms with Crippen LogP contribution in [0.25, 0.3) is 55.8 Å². The summed E-state index contributed by atoms with van der Waals surface area (Å²) in [6.45, 7) is 0. The first-order chi connectivity index (χ1) is 21.0. The Morgan fingerprint density at radius 3 is 2.50 bits per heavy atom. The van der Waals surface area contributed by atoms with Gasteiger partial charge in [0.2, 0.25) is 10.0 Å². The monoisotopic (exact) mass is 613 g/mol. The Labute approximate surface area is 252 Å². The van der Waals surface area contributed by atoms with E-state index in [2.05, 4.69) is 10.3 Å². The number of H-pyrrole nitrogens is 1. The molecule has 0 radical (unpaired) electrons. The Balaban J connectivity index is 1.64. The summed E-state index contributed by atoms with van der Waals surface area (Å²) >= 11 is 0. The molecule has 6 rings (SSSR count). The van der Waals surface area contributed by atoms with Gasteiger partial charge in [0.1, 0.15) is 28.6 Å². The van der Waals surface area contributed by atoms with Crippen LogP contribution in [0.3, 0.4) is 0 Å². The van der Waals surface area contributed by atoms with Crippen molar-refractivity contribution < 1.29 is 26.8 Å². The third-order valence-electron chi connectivity index (χ3n) is 7.50. The van der Waals surface area contributed by atoms with Gasteiger partial charge in [-0.2, -0.15) is 0 Å². The Hall–Kier alpha value is -5.36. The Bertz CT molecular complexity index is 2190. The third kappa shape index (κ3) is 4.88. The zero-order chi connectivity index (χ0) is 31.3. The number of pyridine rings is 1. The molecule has 12 heteroatoms. The van der Waals surface area contributed by atoms with Gasteiger partial charge in [-0.05, 0) is 54.6 Å². The molecule has 0 saturated carbocycles. The number of nitrogens with one attached hydrogen (secondary N) is 2. The molecule has 6 aromatic rings. The SMILES string of the molecule is CNC(=O)c1c(-c2ccc(F)cc2)oc2cc(N(C)S(C)(=O)=O)c(-c3ccc(OC)c(-c4cc5cccc(N)c5[nH]4)n3)cc12. The lowest BCUT2D eigenvalue weighted by atomic mass is 10.0. The average molecular weight is 614 g/mol. The molecule has 0 aliphatic rings. The van der Waals surface area contributed by atoms with Crippen molar-refractivity contribution in [1.82, 2.24) is 15.3 Å². The van der Waals surface area contributed by atoms with Crippen LogP contribution in [-0.4, -0.2) is 51.8 Å². The van der Waals surface area contributed by atoms with Crippen molar-refractivity contribution in [2.75, 3.05) is 37.5 Å². The normalized spacial score (nSPS) is 11.7. The molecule has 44 heavy (non-hydrogen) atoms. The smallest absolute Gasteiger partial charge is 0.255 e. The van der Waals surface area contributed by atoms with Crippen molar-refractivity contribution in [2.24, 2.45) is 0 Å². The molecule has 224 valence electrons. The van der Waals surface area contributed by atoms with Gasteiger partial charge in [0.05, 0.1) is 47.2 Å². The number of ether oxygens (including phenoxy) is 1. The lowest BCUT2D eigenvalue weighted by Gasteiger charge is -2.21. The Morgan fingerprint density at radius 1 is 1.09 bits per heavy atom. The molecule has 0 aliphatic heterocycles. The standard InChI is InChI=1S/C32H28FN5O5S/c1-35-32(39)28-21-15-20(23-12-13-26(42-3)30(36-23)24-14-18-6-5-7-22(34)29(18)37-24)25(38(2)44(4,40)41)16-27(21)43-31(28)17-8-10-19(33)11-9-17/h5-16,37H,34H2,1-4H3,(H,35,39). The number of hydrogen-bond donors (Lipinski definition) is 3. The number of fused-ring (bicyclic) bond motifs is 2. The van der Waals surface area contributed by atoms with Crippen molar-refractivity contribution in [3.8, 4) is 39.7 Å². The predicted octanol–water partition coefficient (Wildman–Crippen LogP) is 5.80. The minimum Gasteiger partial charge on any atom is -0.494 e. The van der Waals surface area contributed by atoms with E-state index < -0.39 is 21.7 Å². The Morgan fingerprint density at radius 2 is 1.84 bits per heavy atom. The second-order valence-corrected chi connectivity index (χ2v) is 12.2. The second-order valence-electron chi connectivity index (χ2n) is 10.2. The summed E-state index contributed by atoms with van der Waals surface area (Å²) in [7, 11) is 0.714. The molecule has 3 heterocycles. The van der Waals surface area contributed by atoms with Gasteiger partial charge in [0.25, 0.3) is 5.91 Å². The fraction of sp³-hybridized carbons (Fsp3) is 0.125. The number of carbonyl (C=O) groups excluding carboxylic acids is 1. The minimum absolute atomic E-state index is 0.212. The number of aromatic nitrogens is 2. The van der Waals surface area contributed by atoms with Crippen molar-refractivity contribution in [2.45, 2.75) is 0 Å². The van der Waals surface area contributed by atoms with Crippen molar-refractivity contribution in [1.29, 1.82) is 0 Å². The predicted molar refractivity (Wildman–Crippen MR) is 170 cm³/mol. The quantitative estimate of drug-likeness (QED) is 0.193. The van der Waals surface area contributed by atoms with Crippen LogP contribution < -0.4 is 20.1 Å². The number of rotatable bonds is 7. The van der Waals surface area contributed by atoms with Crippen LogP contribution in [0, 0.1) is 5.82 Å². The number of amides is 1. The summed E-state index contributed by atoms with van der Waals surface area (Å²) < 4.78 is 52.2. The molecular formula is C32H28FN5O5S. The maximum Gasteiger partial charge on any atom is 0.255 e. The molecule has 3 aromatic heterocycles.